The largest absolute Gasteiger partial charge is 0.380 e. The second kappa shape index (κ2) is 9.81. The number of hydrogen-bond donors (Lipinski definition) is 2. The fraction of sp³-hybridized carbons (Fsp3) is 0.583. The Morgan fingerprint density at radius 1 is 1.12 bits per heavy atom. The molecular formula is C24H34N8O2. The van der Waals surface area contributed by atoms with Crippen molar-refractivity contribution in [2.24, 2.45) is 0 Å². The third kappa shape index (κ3) is 4.57. The minimum atomic E-state index is 0.403. The van der Waals surface area contributed by atoms with Gasteiger partial charge in [0.05, 0.1) is 19.8 Å². The van der Waals surface area contributed by atoms with Crippen molar-refractivity contribution in [2.75, 3.05) is 43.1 Å². The van der Waals surface area contributed by atoms with E-state index in [-0.39, 0.29) is 0 Å². The Bertz CT molecular complexity index is 1140. The van der Waals surface area contributed by atoms with Crippen LogP contribution in [-0.2, 0) is 22.6 Å². The predicted octanol–water partition coefficient (Wildman–Crippen LogP) is 2.71. The van der Waals surface area contributed by atoms with E-state index in [1.165, 1.54) is 0 Å². The van der Waals surface area contributed by atoms with Crippen LogP contribution in [-0.4, -0.2) is 69.7 Å². The summed E-state index contributed by atoms with van der Waals surface area (Å²) in [5, 5.41) is 11.9. The number of hydrogen-bond acceptors (Lipinski definition) is 9. The summed E-state index contributed by atoms with van der Waals surface area (Å²) in [5.74, 6) is 2.20. The van der Waals surface area contributed by atoms with Crippen molar-refractivity contribution < 1.29 is 9.47 Å². The van der Waals surface area contributed by atoms with E-state index in [0.29, 0.717) is 50.9 Å². The molecule has 0 saturated carbocycles. The Morgan fingerprint density at radius 2 is 1.97 bits per heavy atom. The highest BCUT2D eigenvalue weighted by molar-refractivity contribution is 5.90. The quantitative estimate of drug-likeness (QED) is 0.437. The van der Waals surface area contributed by atoms with Crippen LogP contribution in [0.5, 0.6) is 0 Å². The van der Waals surface area contributed by atoms with Crippen LogP contribution >= 0.6 is 0 Å². The molecule has 5 rings (SSSR count). The average Bonchev–Trinajstić information content (AvgIpc) is 3.52. The molecule has 0 amide bonds. The summed E-state index contributed by atoms with van der Waals surface area (Å²) < 4.78 is 13.3. The first kappa shape index (κ1) is 22.9. The van der Waals surface area contributed by atoms with Gasteiger partial charge in [0.15, 0.2) is 5.82 Å². The molecule has 10 nitrogen and oxygen atoms in total. The van der Waals surface area contributed by atoms with Crippen molar-refractivity contribution in [1.29, 1.82) is 0 Å². The SMILES string of the molecule is CCOCCn1nc(COCC)c2nc(N3C[C@@H]4C[C@H]3CN4)nc(Nc3cc(C)cc(C)n3)c21. The maximum absolute atomic E-state index is 5.75. The van der Waals surface area contributed by atoms with Crippen molar-refractivity contribution in [3.63, 3.8) is 0 Å². The van der Waals surface area contributed by atoms with Gasteiger partial charge in [0.25, 0.3) is 0 Å². The molecule has 0 spiro atoms. The van der Waals surface area contributed by atoms with Gasteiger partial charge in [-0.1, -0.05) is 0 Å². The van der Waals surface area contributed by atoms with Crippen molar-refractivity contribution in [1.82, 2.24) is 30.0 Å². The van der Waals surface area contributed by atoms with Crippen molar-refractivity contribution in [3.05, 3.63) is 29.1 Å². The summed E-state index contributed by atoms with van der Waals surface area (Å²) in [4.78, 5) is 17.1. The second-order valence-electron chi connectivity index (χ2n) is 9.02. The molecule has 0 unspecified atom stereocenters. The fourth-order valence-corrected chi connectivity index (χ4v) is 4.93. The highest BCUT2D eigenvalue weighted by Gasteiger charge is 2.39. The predicted molar refractivity (Wildman–Crippen MR) is 132 cm³/mol. The highest BCUT2D eigenvalue weighted by atomic mass is 16.5. The molecule has 3 aromatic heterocycles. The number of anilines is 3. The molecule has 2 saturated heterocycles. The molecule has 34 heavy (non-hydrogen) atoms. The van der Waals surface area contributed by atoms with Gasteiger partial charge in [0.1, 0.15) is 22.5 Å². The Hall–Kier alpha value is -2.82. The van der Waals surface area contributed by atoms with Gasteiger partial charge in [-0.3, -0.25) is 4.68 Å². The zero-order valence-electron chi connectivity index (χ0n) is 20.5. The molecule has 2 fully saturated rings. The number of pyridine rings is 1. The first-order valence-corrected chi connectivity index (χ1v) is 12.2. The van der Waals surface area contributed by atoms with E-state index in [1.54, 1.807) is 0 Å². The van der Waals surface area contributed by atoms with E-state index >= 15 is 0 Å². The Labute approximate surface area is 200 Å². The molecule has 182 valence electrons. The molecule has 0 radical (unpaired) electrons. The highest BCUT2D eigenvalue weighted by Crippen LogP contribution is 2.33. The first-order chi connectivity index (χ1) is 16.6. The van der Waals surface area contributed by atoms with E-state index in [0.717, 1.165) is 59.3 Å². The van der Waals surface area contributed by atoms with E-state index < -0.39 is 0 Å². The van der Waals surface area contributed by atoms with Gasteiger partial charge in [-0.05, 0) is 51.8 Å². The molecule has 2 atom stereocenters. The lowest BCUT2D eigenvalue weighted by Gasteiger charge is -2.27. The molecule has 5 heterocycles. The summed E-state index contributed by atoms with van der Waals surface area (Å²) in [5.41, 5.74) is 4.58. The summed E-state index contributed by atoms with van der Waals surface area (Å²) in [6.07, 6.45) is 1.13. The molecule has 2 N–H and O–H groups in total. The minimum absolute atomic E-state index is 0.403. The smallest absolute Gasteiger partial charge is 0.228 e. The fourth-order valence-electron chi connectivity index (χ4n) is 4.93. The maximum atomic E-state index is 5.75. The number of aromatic nitrogens is 5. The lowest BCUT2D eigenvalue weighted by Crippen LogP contribution is -2.44. The second-order valence-corrected chi connectivity index (χ2v) is 9.02. The Morgan fingerprint density at radius 3 is 2.68 bits per heavy atom. The number of fused-ring (bicyclic) bond motifs is 3. The molecule has 0 aliphatic carbocycles. The van der Waals surface area contributed by atoms with Gasteiger partial charge in [-0.25, -0.2) is 9.97 Å². The van der Waals surface area contributed by atoms with Gasteiger partial charge in [0, 0.05) is 44.1 Å². The summed E-state index contributed by atoms with van der Waals surface area (Å²) in [6.45, 7) is 12.8. The van der Waals surface area contributed by atoms with Crippen LogP contribution < -0.4 is 15.5 Å². The average molecular weight is 467 g/mol. The summed E-state index contributed by atoms with van der Waals surface area (Å²) in [7, 11) is 0. The number of nitrogens with zero attached hydrogens (tertiary/aromatic N) is 6. The van der Waals surface area contributed by atoms with E-state index in [2.05, 4.69) is 33.5 Å². The normalized spacial score (nSPS) is 19.5. The molecule has 3 aromatic rings. The minimum Gasteiger partial charge on any atom is -0.380 e. The Kier molecular flexibility index (Phi) is 6.62. The molecule has 10 heteroatoms. The van der Waals surface area contributed by atoms with Gasteiger partial charge < -0.3 is 25.0 Å². The molecule has 2 aliphatic rings. The lowest BCUT2D eigenvalue weighted by atomic mass is 10.2. The maximum Gasteiger partial charge on any atom is 0.228 e. The van der Waals surface area contributed by atoms with Gasteiger partial charge in [-0.15, -0.1) is 0 Å². The van der Waals surface area contributed by atoms with Gasteiger partial charge in [0.2, 0.25) is 5.95 Å². The number of aryl methyl sites for hydroxylation is 2. The molecular weight excluding hydrogens is 432 g/mol. The first-order valence-electron chi connectivity index (χ1n) is 12.2. The van der Waals surface area contributed by atoms with E-state index in [4.69, 9.17) is 24.5 Å². The van der Waals surface area contributed by atoms with Crippen molar-refractivity contribution in [3.8, 4) is 0 Å². The molecule has 0 aromatic carbocycles. The van der Waals surface area contributed by atoms with Crippen LogP contribution in [0.15, 0.2) is 12.1 Å². The number of nitrogens with one attached hydrogen (secondary N) is 2. The van der Waals surface area contributed by atoms with Crippen LogP contribution in [0.4, 0.5) is 17.6 Å². The zero-order valence-corrected chi connectivity index (χ0v) is 20.5. The number of ether oxygens (including phenoxy) is 2. The van der Waals surface area contributed by atoms with Crippen LogP contribution in [0.25, 0.3) is 11.0 Å². The van der Waals surface area contributed by atoms with Crippen LogP contribution in [0, 0.1) is 13.8 Å². The van der Waals surface area contributed by atoms with Gasteiger partial charge in [-0.2, -0.15) is 10.1 Å². The van der Waals surface area contributed by atoms with E-state index in [1.807, 2.05) is 31.5 Å². The Balaban J connectivity index is 1.62. The van der Waals surface area contributed by atoms with Crippen LogP contribution in [0.2, 0.25) is 0 Å². The van der Waals surface area contributed by atoms with Crippen LogP contribution in [0.3, 0.4) is 0 Å². The number of rotatable bonds is 10. The standard InChI is InChI=1S/C24H34N8O2/c1-5-33-8-7-32-22-21(19(30-32)14-34-6-2)28-24(31-13-17-11-18(31)12-25-17)29-23(22)27-20-10-15(3)9-16(4)26-20/h9-10,17-18,25H,5-8,11-14H2,1-4H3,(H,26,27,28,29)/t17-,18-/m0/s1. The van der Waals surface area contributed by atoms with E-state index in [9.17, 15) is 0 Å². The molecule has 2 bridgehead atoms. The number of piperazine rings is 1. The summed E-state index contributed by atoms with van der Waals surface area (Å²) >= 11 is 0. The zero-order chi connectivity index (χ0) is 23.7. The topological polar surface area (TPSA) is 102 Å². The third-order valence-electron chi connectivity index (χ3n) is 6.40. The van der Waals surface area contributed by atoms with Crippen molar-refractivity contribution >= 4 is 28.6 Å². The summed E-state index contributed by atoms with van der Waals surface area (Å²) in [6, 6.07) is 5.01. The third-order valence-corrected chi connectivity index (χ3v) is 6.40. The van der Waals surface area contributed by atoms with Gasteiger partial charge >= 0.3 is 0 Å². The van der Waals surface area contributed by atoms with Crippen molar-refractivity contribution in [2.45, 2.75) is 59.4 Å². The monoisotopic (exact) mass is 466 g/mol. The van der Waals surface area contributed by atoms with Crippen LogP contribution in [0.1, 0.15) is 37.2 Å². The molecule has 2 aliphatic heterocycles. The lowest BCUT2D eigenvalue weighted by molar-refractivity contribution is 0.128.